The van der Waals surface area contributed by atoms with Crippen molar-refractivity contribution in [2.24, 2.45) is 11.3 Å². The zero-order valence-corrected chi connectivity index (χ0v) is 11.5. The van der Waals surface area contributed by atoms with E-state index in [2.05, 4.69) is 30.7 Å². The molecule has 1 saturated carbocycles. The Bertz CT molecular complexity index is 480. The van der Waals surface area contributed by atoms with Gasteiger partial charge in [-0.3, -0.25) is 0 Å². The number of H-pyrrole nitrogens is 1. The predicted octanol–water partition coefficient (Wildman–Crippen LogP) is 2.67. The van der Waals surface area contributed by atoms with Gasteiger partial charge in [-0.2, -0.15) is 4.98 Å². The number of anilines is 1. The Labute approximate surface area is 108 Å². The molecule has 0 saturated heterocycles. The second-order valence-electron chi connectivity index (χ2n) is 6.17. The van der Waals surface area contributed by atoms with Gasteiger partial charge in [-0.05, 0) is 36.5 Å². The van der Waals surface area contributed by atoms with Crippen molar-refractivity contribution in [3.63, 3.8) is 0 Å². The normalized spacial score (nSPS) is 28.6. The van der Waals surface area contributed by atoms with Crippen LogP contribution in [-0.4, -0.2) is 9.97 Å². The SMILES string of the molecule is CC(C)C1(C)CCCC(c2cc(N)nc(=O)[nH]2)C1. The molecule has 1 aromatic heterocycles. The lowest BCUT2D eigenvalue weighted by molar-refractivity contribution is 0.126. The summed E-state index contributed by atoms with van der Waals surface area (Å²) in [5, 5.41) is 0. The van der Waals surface area contributed by atoms with Gasteiger partial charge in [0.05, 0.1) is 0 Å². The van der Waals surface area contributed by atoms with E-state index >= 15 is 0 Å². The molecule has 0 bridgehead atoms. The molecule has 1 aliphatic carbocycles. The van der Waals surface area contributed by atoms with E-state index in [1.54, 1.807) is 0 Å². The van der Waals surface area contributed by atoms with E-state index in [0.29, 0.717) is 23.1 Å². The molecule has 2 atom stereocenters. The van der Waals surface area contributed by atoms with Crippen molar-refractivity contribution in [2.75, 3.05) is 5.73 Å². The summed E-state index contributed by atoms with van der Waals surface area (Å²) in [6.07, 6.45) is 4.72. The number of nitrogens with zero attached hydrogens (tertiary/aromatic N) is 1. The van der Waals surface area contributed by atoms with Crippen molar-refractivity contribution in [1.82, 2.24) is 9.97 Å². The summed E-state index contributed by atoms with van der Waals surface area (Å²) in [5.74, 6) is 1.39. The quantitative estimate of drug-likeness (QED) is 0.846. The number of aromatic nitrogens is 2. The van der Waals surface area contributed by atoms with Crippen LogP contribution in [0.2, 0.25) is 0 Å². The molecular formula is C14H23N3O. The number of hydrogen-bond acceptors (Lipinski definition) is 3. The molecule has 0 radical (unpaired) electrons. The van der Waals surface area contributed by atoms with Gasteiger partial charge in [-0.15, -0.1) is 0 Å². The molecule has 0 aromatic carbocycles. The zero-order valence-electron chi connectivity index (χ0n) is 11.5. The summed E-state index contributed by atoms with van der Waals surface area (Å²) in [6, 6.07) is 1.82. The average molecular weight is 249 g/mol. The lowest BCUT2D eigenvalue weighted by Crippen LogP contribution is -2.31. The monoisotopic (exact) mass is 249 g/mol. The maximum Gasteiger partial charge on any atom is 0.347 e. The first-order valence-corrected chi connectivity index (χ1v) is 6.77. The van der Waals surface area contributed by atoms with Crippen LogP contribution in [-0.2, 0) is 0 Å². The third-order valence-electron chi connectivity index (χ3n) is 4.63. The molecule has 1 fully saturated rings. The summed E-state index contributed by atoms with van der Waals surface area (Å²) in [4.78, 5) is 17.9. The Morgan fingerprint density at radius 3 is 2.89 bits per heavy atom. The first kappa shape index (κ1) is 13.1. The largest absolute Gasteiger partial charge is 0.383 e. The molecular weight excluding hydrogens is 226 g/mol. The number of aromatic amines is 1. The first-order chi connectivity index (χ1) is 8.40. The number of nitrogen functional groups attached to an aromatic ring is 1. The van der Waals surface area contributed by atoms with Crippen LogP contribution in [0.4, 0.5) is 5.82 Å². The van der Waals surface area contributed by atoms with E-state index < -0.39 is 0 Å². The summed E-state index contributed by atoms with van der Waals surface area (Å²) in [7, 11) is 0. The number of hydrogen-bond donors (Lipinski definition) is 2. The molecule has 1 aromatic rings. The minimum Gasteiger partial charge on any atom is -0.383 e. The van der Waals surface area contributed by atoms with Gasteiger partial charge in [0.15, 0.2) is 0 Å². The fourth-order valence-corrected chi connectivity index (χ4v) is 3.03. The molecule has 4 heteroatoms. The summed E-state index contributed by atoms with van der Waals surface area (Å²) < 4.78 is 0. The van der Waals surface area contributed by atoms with E-state index in [9.17, 15) is 4.79 Å². The fourth-order valence-electron chi connectivity index (χ4n) is 3.03. The van der Waals surface area contributed by atoms with Gasteiger partial charge in [0.25, 0.3) is 0 Å². The van der Waals surface area contributed by atoms with Crippen molar-refractivity contribution < 1.29 is 0 Å². The van der Waals surface area contributed by atoms with Crippen LogP contribution in [0.5, 0.6) is 0 Å². The van der Waals surface area contributed by atoms with Crippen LogP contribution in [0.3, 0.4) is 0 Å². The van der Waals surface area contributed by atoms with Gasteiger partial charge >= 0.3 is 5.69 Å². The average Bonchev–Trinajstić information content (AvgIpc) is 2.27. The third kappa shape index (κ3) is 2.57. The minimum absolute atomic E-state index is 0.325. The van der Waals surface area contributed by atoms with Crippen molar-refractivity contribution in [2.45, 2.75) is 52.4 Å². The number of nitrogens with one attached hydrogen (secondary N) is 1. The van der Waals surface area contributed by atoms with E-state index in [1.807, 2.05) is 6.07 Å². The standard InChI is InChI=1S/C14H23N3O/c1-9(2)14(3)6-4-5-10(8-14)11-7-12(15)17-13(18)16-11/h7,9-10H,4-6,8H2,1-3H3,(H3,15,16,17,18). The highest BCUT2D eigenvalue weighted by molar-refractivity contribution is 5.29. The molecule has 1 heterocycles. The highest BCUT2D eigenvalue weighted by atomic mass is 16.1. The van der Waals surface area contributed by atoms with Gasteiger partial charge in [-0.1, -0.05) is 27.2 Å². The Morgan fingerprint density at radius 2 is 2.28 bits per heavy atom. The molecule has 1 aliphatic rings. The van der Waals surface area contributed by atoms with E-state index in [0.717, 1.165) is 18.5 Å². The van der Waals surface area contributed by atoms with Crippen LogP contribution in [0, 0.1) is 11.3 Å². The molecule has 3 N–H and O–H groups in total. The van der Waals surface area contributed by atoms with Gasteiger partial charge in [0.1, 0.15) is 5.82 Å². The highest BCUT2D eigenvalue weighted by Gasteiger charge is 2.35. The van der Waals surface area contributed by atoms with Crippen LogP contribution < -0.4 is 11.4 Å². The summed E-state index contributed by atoms with van der Waals surface area (Å²) >= 11 is 0. The van der Waals surface area contributed by atoms with Crippen molar-refractivity contribution >= 4 is 5.82 Å². The summed E-state index contributed by atoms with van der Waals surface area (Å²) in [6.45, 7) is 6.92. The molecule has 2 rings (SSSR count). The molecule has 0 aliphatic heterocycles. The summed E-state index contributed by atoms with van der Waals surface area (Å²) in [5.41, 5.74) is 6.65. The maximum absolute atomic E-state index is 11.4. The number of rotatable bonds is 2. The molecule has 4 nitrogen and oxygen atoms in total. The lowest BCUT2D eigenvalue weighted by atomic mass is 9.64. The van der Waals surface area contributed by atoms with Crippen molar-refractivity contribution in [1.29, 1.82) is 0 Å². The highest BCUT2D eigenvalue weighted by Crippen LogP contribution is 2.47. The van der Waals surface area contributed by atoms with Crippen molar-refractivity contribution in [3.8, 4) is 0 Å². The smallest absolute Gasteiger partial charge is 0.347 e. The molecule has 0 spiro atoms. The van der Waals surface area contributed by atoms with Gasteiger partial charge in [0.2, 0.25) is 0 Å². The van der Waals surface area contributed by atoms with Crippen LogP contribution in [0.15, 0.2) is 10.9 Å². The Morgan fingerprint density at radius 1 is 1.56 bits per heavy atom. The van der Waals surface area contributed by atoms with Crippen molar-refractivity contribution in [3.05, 3.63) is 22.2 Å². The first-order valence-electron chi connectivity index (χ1n) is 6.77. The Kier molecular flexibility index (Phi) is 3.46. The predicted molar refractivity (Wildman–Crippen MR) is 73.4 cm³/mol. The Balaban J connectivity index is 2.26. The molecule has 100 valence electrons. The molecule has 18 heavy (non-hydrogen) atoms. The molecule has 0 amide bonds. The lowest BCUT2D eigenvalue weighted by Gasteiger charge is -2.41. The van der Waals surface area contributed by atoms with Crippen LogP contribution in [0.25, 0.3) is 0 Å². The minimum atomic E-state index is -0.332. The van der Waals surface area contributed by atoms with Crippen LogP contribution >= 0.6 is 0 Å². The van der Waals surface area contributed by atoms with Gasteiger partial charge < -0.3 is 10.7 Å². The van der Waals surface area contributed by atoms with E-state index in [1.165, 1.54) is 12.8 Å². The van der Waals surface area contributed by atoms with Gasteiger partial charge in [-0.25, -0.2) is 4.79 Å². The van der Waals surface area contributed by atoms with E-state index in [-0.39, 0.29) is 5.69 Å². The number of nitrogens with two attached hydrogens (primary N) is 1. The topological polar surface area (TPSA) is 71.8 Å². The van der Waals surface area contributed by atoms with Crippen LogP contribution in [0.1, 0.15) is 58.1 Å². The second kappa shape index (κ2) is 4.75. The van der Waals surface area contributed by atoms with Gasteiger partial charge in [0, 0.05) is 11.8 Å². The van der Waals surface area contributed by atoms with E-state index in [4.69, 9.17) is 5.73 Å². The zero-order chi connectivity index (χ0) is 13.3. The maximum atomic E-state index is 11.4. The molecule has 2 unspecified atom stereocenters. The second-order valence-corrected chi connectivity index (χ2v) is 6.17. The fraction of sp³-hybridized carbons (Fsp3) is 0.714. The Hall–Kier alpha value is -1.32. The third-order valence-corrected chi connectivity index (χ3v) is 4.63.